The molecule has 2 aliphatic rings. The number of aryl methyl sites for hydroxylation is 1. The van der Waals surface area contributed by atoms with Gasteiger partial charge in [-0.1, -0.05) is 57.2 Å². The molecule has 0 aromatic heterocycles. The van der Waals surface area contributed by atoms with E-state index < -0.39 is 5.41 Å². The van der Waals surface area contributed by atoms with Crippen LogP contribution in [0.5, 0.6) is 11.5 Å². The van der Waals surface area contributed by atoms with Crippen LogP contribution >= 0.6 is 0 Å². The highest BCUT2D eigenvalue weighted by atomic mass is 16.7. The van der Waals surface area contributed by atoms with Gasteiger partial charge in [0.1, 0.15) is 0 Å². The third-order valence-corrected chi connectivity index (χ3v) is 6.85. The second-order valence-electron chi connectivity index (χ2n) is 11.0. The number of amides is 1. The molecule has 0 saturated heterocycles. The third kappa shape index (κ3) is 5.06. The lowest BCUT2D eigenvalue weighted by molar-refractivity contribution is -0.118. The van der Waals surface area contributed by atoms with Crippen LogP contribution in [0.4, 0.5) is 5.69 Å². The lowest BCUT2D eigenvalue weighted by Gasteiger charge is -2.19. The summed E-state index contributed by atoms with van der Waals surface area (Å²) in [6.07, 6.45) is 1.67. The predicted octanol–water partition coefficient (Wildman–Crippen LogP) is 6.69. The number of nitrogens with one attached hydrogen (secondary N) is 2. The Balaban J connectivity index is 0.00000190. The van der Waals surface area contributed by atoms with E-state index in [1.54, 1.807) is 0 Å². The van der Waals surface area contributed by atoms with Gasteiger partial charge in [-0.3, -0.25) is 4.79 Å². The monoisotopic (exact) mass is 474 g/mol. The van der Waals surface area contributed by atoms with E-state index in [-0.39, 0.29) is 21.0 Å². The summed E-state index contributed by atoms with van der Waals surface area (Å²) >= 11 is 0. The van der Waals surface area contributed by atoms with Crippen LogP contribution in [-0.2, 0) is 16.8 Å². The molecule has 0 radical (unpaired) electrons. The van der Waals surface area contributed by atoms with E-state index in [1.807, 2.05) is 24.3 Å². The summed E-state index contributed by atoms with van der Waals surface area (Å²) in [7, 11) is 0. The van der Waals surface area contributed by atoms with E-state index in [0.717, 1.165) is 59.8 Å². The Labute approximate surface area is 210 Å². The Morgan fingerprint density at radius 3 is 2.43 bits per heavy atom. The molecule has 35 heavy (non-hydrogen) atoms. The van der Waals surface area contributed by atoms with Crippen LogP contribution in [0.25, 0.3) is 11.1 Å². The van der Waals surface area contributed by atoms with Crippen LogP contribution in [0, 0.1) is 12.3 Å². The summed E-state index contributed by atoms with van der Waals surface area (Å²) in [5, 5.41) is 6.71. The van der Waals surface area contributed by atoms with Crippen molar-refractivity contribution in [1.82, 2.24) is 5.32 Å². The standard InChI is InChI=1S/C30H34N2O3.2H2/c1-20-5-11-24(16-25(20)22-8-6-21(7-9-22)17-31-18-29(2,3)4)32-28(33)30(13-14-30)23-10-12-26-27(15-23)35-19-34-26;;/h5-12,15-16,31H,13-14,17-19H2,1-4H3,(H,32,33);2*1H. The first kappa shape index (κ1) is 23.4. The van der Waals surface area contributed by atoms with Crippen molar-refractivity contribution < 1.29 is 17.1 Å². The predicted molar refractivity (Wildman–Crippen MR) is 144 cm³/mol. The van der Waals surface area contributed by atoms with Gasteiger partial charge in [-0.05, 0) is 77.3 Å². The minimum atomic E-state index is -0.492. The van der Waals surface area contributed by atoms with Crippen molar-refractivity contribution in [3.63, 3.8) is 0 Å². The number of hydrogen-bond donors (Lipinski definition) is 2. The molecule has 1 fully saturated rings. The second-order valence-corrected chi connectivity index (χ2v) is 11.0. The first-order chi connectivity index (χ1) is 16.7. The smallest absolute Gasteiger partial charge is 0.235 e. The quantitative estimate of drug-likeness (QED) is 0.401. The zero-order chi connectivity index (χ0) is 24.6. The highest BCUT2D eigenvalue weighted by Crippen LogP contribution is 2.51. The Hall–Kier alpha value is -3.31. The molecule has 5 nitrogen and oxygen atoms in total. The number of anilines is 1. The summed E-state index contributed by atoms with van der Waals surface area (Å²) < 4.78 is 10.9. The summed E-state index contributed by atoms with van der Waals surface area (Å²) in [6, 6.07) is 20.7. The Kier molecular flexibility index (Phi) is 6.06. The molecule has 5 heteroatoms. The van der Waals surface area contributed by atoms with Crippen molar-refractivity contribution in [1.29, 1.82) is 0 Å². The minimum Gasteiger partial charge on any atom is -0.454 e. The summed E-state index contributed by atoms with van der Waals surface area (Å²) in [5.41, 5.74) is 6.30. The fourth-order valence-corrected chi connectivity index (χ4v) is 4.61. The lowest BCUT2D eigenvalue weighted by Crippen LogP contribution is -2.27. The molecule has 3 aromatic rings. The number of benzene rings is 3. The van der Waals surface area contributed by atoms with Crippen molar-refractivity contribution in [2.45, 2.75) is 52.5 Å². The largest absolute Gasteiger partial charge is 0.454 e. The Morgan fingerprint density at radius 1 is 0.971 bits per heavy atom. The number of carbonyl (C=O) groups is 1. The fraction of sp³-hybridized carbons (Fsp3) is 0.367. The van der Waals surface area contributed by atoms with Gasteiger partial charge in [0.15, 0.2) is 11.5 Å². The van der Waals surface area contributed by atoms with Gasteiger partial charge in [-0.25, -0.2) is 0 Å². The number of carbonyl (C=O) groups excluding carboxylic acids is 1. The number of rotatable bonds is 7. The molecule has 0 bridgehead atoms. The Bertz CT molecular complexity index is 1250. The fourth-order valence-electron chi connectivity index (χ4n) is 4.61. The average Bonchev–Trinajstić information content (AvgIpc) is 3.51. The normalized spacial score (nSPS) is 15.7. The SMILES string of the molecule is Cc1ccc(NC(=O)C2(c3ccc4c(c3)OCO4)CC2)cc1-c1ccc(CNCC(C)(C)C)cc1.[HH].[HH]. The molecule has 1 aliphatic heterocycles. The van der Waals surface area contributed by atoms with Gasteiger partial charge < -0.3 is 20.1 Å². The number of fused-ring (bicyclic) bond motifs is 1. The van der Waals surface area contributed by atoms with Crippen LogP contribution in [0.15, 0.2) is 60.7 Å². The van der Waals surface area contributed by atoms with Crippen LogP contribution in [-0.4, -0.2) is 19.2 Å². The lowest BCUT2D eigenvalue weighted by atomic mass is 9.94. The maximum atomic E-state index is 13.4. The average molecular weight is 475 g/mol. The van der Waals surface area contributed by atoms with Gasteiger partial charge in [0.2, 0.25) is 12.7 Å². The molecule has 0 unspecified atom stereocenters. The minimum absolute atomic E-state index is 0. The van der Waals surface area contributed by atoms with Gasteiger partial charge in [-0.15, -0.1) is 0 Å². The molecule has 2 N–H and O–H groups in total. The van der Waals surface area contributed by atoms with E-state index in [1.165, 1.54) is 11.1 Å². The molecule has 186 valence electrons. The van der Waals surface area contributed by atoms with Crippen LogP contribution < -0.4 is 20.1 Å². The molecule has 3 aromatic carbocycles. The van der Waals surface area contributed by atoms with Crippen molar-refractivity contribution in [2.75, 3.05) is 18.7 Å². The molecule has 5 rings (SSSR count). The van der Waals surface area contributed by atoms with E-state index in [0.29, 0.717) is 0 Å². The summed E-state index contributed by atoms with van der Waals surface area (Å²) in [4.78, 5) is 13.4. The maximum absolute atomic E-state index is 13.4. The van der Waals surface area contributed by atoms with Gasteiger partial charge in [0, 0.05) is 21.6 Å². The molecule has 1 heterocycles. The van der Waals surface area contributed by atoms with E-state index in [9.17, 15) is 4.79 Å². The van der Waals surface area contributed by atoms with Crippen molar-refractivity contribution in [3.05, 3.63) is 77.4 Å². The molecular weight excluding hydrogens is 436 g/mol. The van der Waals surface area contributed by atoms with Crippen LogP contribution in [0.3, 0.4) is 0 Å². The topological polar surface area (TPSA) is 59.6 Å². The van der Waals surface area contributed by atoms with Gasteiger partial charge in [0.25, 0.3) is 0 Å². The first-order valence-electron chi connectivity index (χ1n) is 12.4. The highest BCUT2D eigenvalue weighted by molar-refractivity contribution is 6.02. The van der Waals surface area contributed by atoms with Crippen LogP contribution in [0.1, 0.15) is 53.2 Å². The van der Waals surface area contributed by atoms with Crippen molar-refractivity contribution >= 4 is 11.6 Å². The van der Waals surface area contributed by atoms with Gasteiger partial charge in [-0.2, -0.15) is 0 Å². The summed E-state index contributed by atoms with van der Waals surface area (Å²) in [5.74, 6) is 1.49. The molecule has 1 saturated carbocycles. The first-order valence-corrected chi connectivity index (χ1v) is 12.4. The van der Waals surface area contributed by atoms with Crippen molar-refractivity contribution in [3.8, 4) is 22.6 Å². The van der Waals surface area contributed by atoms with E-state index in [2.05, 4.69) is 74.7 Å². The maximum Gasteiger partial charge on any atom is 0.235 e. The molecule has 1 aliphatic carbocycles. The Morgan fingerprint density at radius 2 is 1.71 bits per heavy atom. The molecular formula is C30H38N2O3. The summed E-state index contributed by atoms with van der Waals surface area (Å²) in [6.45, 7) is 10.9. The van der Waals surface area contributed by atoms with Gasteiger partial charge in [0.05, 0.1) is 5.41 Å². The van der Waals surface area contributed by atoms with E-state index >= 15 is 0 Å². The molecule has 0 atom stereocenters. The van der Waals surface area contributed by atoms with Crippen molar-refractivity contribution in [2.24, 2.45) is 5.41 Å². The molecule has 1 amide bonds. The zero-order valence-corrected chi connectivity index (χ0v) is 21.0. The highest BCUT2D eigenvalue weighted by Gasteiger charge is 2.51. The molecule has 0 spiro atoms. The van der Waals surface area contributed by atoms with Gasteiger partial charge >= 0.3 is 0 Å². The number of ether oxygens (including phenoxy) is 2. The van der Waals surface area contributed by atoms with Crippen LogP contribution in [0.2, 0.25) is 0 Å². The number of hydrogen-bond acceptors (Lipinski definition) is 4. The zero-order valence-electron chi connectivity index (χ0n) is 21.0. The van der Waals surface area contributed by atoms with E-state index in [4.69, 9.17) is 9.47 Å². The second kappa shape index (κ2) is 9.04. The third-order valence-electron chi connectivity index (χ3n) is 6.85.